The number of para-hydroxylation sites is 2. The van der Waals surface area contributed by atoms with Gasteiger partial charge in [0.25, 0.3) is 5.91 Å². The number of rotatable bonds is 10. The highest BCUT2D eigenvalue weighted by atomic mass is 16.5. The molecule has 0 spiro atoms. The second kappa shape index (κ2) is 11.6. The summed E-state index contributed by atoms with van der Waals surface area (Å²) >= 11 is 0. The Balaban J connectivity index is 1.77. The van der Waals surface area contributed by atoms with Crippen molar-refractivity contribution < 1.29 is 19.1 Å². The Morgan fingerprint density at radius 1 is 1.09 bits per heavy atom. The van der Waals surface area contributed by atoms with Gasteiger partial charge in [0.05, 0.1) is 7.11 Å². The Morgan fingerprint density at radius 3 is 2.47 bits per heavy atom. The highest BCUT2D eigenvalue weighted by Gasteiger charge is 2.31. The van der Waals surface area contributed by atoms with Gasteiger partial charge in [0.15, 0.2) is 18.1 Å². The van der Waals surface area contributed by atoms with Crippen molar-refractivity contribution in [1.29, 1.82) is 0 Å². The number of amides is 2. The first-order valence-electron chi connectivity index (χ1n) is 11.4. The SMILES string of the molecule is CCC(C(=O)NC1CCCC1)N(Cc1cccc(C)c1)C(=O)COc1ccccc1OC. The quantitative estimate of drug-likeness (QED) is 0.602. The number of nitrogens with zero attached hydrogens (tertiary/aromatic N) is 1. The zero-order chi connectivity index (χ0) is 22.9. The van der Waals surface area contributed by atoms with Crippen LogP contribution < -0.4 is 14.8 Å². The molecule has 6 heteroatoms. The third-order valence-electron chi connectivity index (χ3n) is 5.94. The monoisotopic (exact) mass is 438 g/mol. The Bertz CT molecular complexity index is 908. The van der Waals surface area contributed by atoms with E-state index in [1.165, 1.54) is 0 Å². The van der Waals surface area contributed by atoms with Crippen LogP contribution in [0, 0.1) is 6.92 Å². The summed E-state index contributed by atoms with van der Waals surface area (Å²) < 4.78 is 11.1. The van der Waals surface area contributed by atoms with E-state index in [1.807, 2.05) is 50.2 Å². The summed E-state index contributed by atoms with van der Waals surface area (Å²) in [6.07, 6.45) is 4.82. The molecule has 2 aromatic carbocycles. The van der Waals surface area contributed by atoms with Crippen molar-refractivity contribution in [3.8, 4) is 11.5 Å². The van der Waals surface area contributed by atoms with E-state index >= 15 is 0 Å². The maximum Gasteiger partial charge on any atom is 0.261 e. The number of carbonyl (C=O) groups is 2. The fourth-order valence-corrected chi connectivity index (χ4v) is 4.25. The lowest BCUT2D eigenvalue weighted by atomic mass is 10.1. The molecule has 0 aliphatic heterocycles. The van der Waals surface area contributed by atoms with E-state index in [-0.39, 0.29) is 24.5 Å². The predicted molar refractivity (Wildman–Crippen MR) is 125 cm³/mol. The molecule has 2 aromatic rings. The van der Waals surface area contributed by atoms with Crippen LogP contribution in [0.15, 0.2) is 48.5 Å². The average Bonchev–Trinajstić information content (AvgIpc) is 3.30. The van der Waals surface area contributed by atoms with Crippen LogP contribution in [-0.2, 0) is 16.1 Å². The Hall–Kier alpha value is -3.02. The minimum atomic E-state index is -0.551. The summed E-state index contributed by atoms with van der Waals surface area (Å²) in [5.41, 5.74) is 2.10. The van der Waals surface area contributed by atoms with Gasteiger partial charge < -0.3 is 19.7 Å². The number of aryl methyl sites for hydroxylation is 1. The molecule has 0 aromatic heterocycles. The van der Waals surface area contributed by atoms with Gasteiger partial charge in [-0.2, -0.15) is 0 Å². The molecule has 1 aliphatic carbocycles. The van der Waals surface area contributed by atoms with Crippen LogP contribution in [0.3, 0.4) is 0 Å². The number of hydrogen-bond acceptors (Lipinski definition) is 4. The summed E-state index contributed by atoms with van der Waals surface area (Å²) in [5, 5.41) is 3.16. The summed E-state index contributed by atoms with van der Waals surface area (Å²) in [4.78, 5) is 28.1. The molecular weight excluding hydrogens is 404 g/mol. The molecule has 0 radical (unpaired) electrons. The first-order valence-corrected chi connectivity index (χ1v) is 11.4. The molecule has 1 aliphatic rings. The molecule has 6 nitrogen and oxygen atoms in total. The highest BCUT2D eigenvalue weighted by Crippen LogP contribution is 2.26. The summed E-state index contributed by atoms with van der Waals surface area (Å²) in [7, 11) is 1.56. The van der Waals surface area contributed by atoms with Crippen LogP contribution in [0.2, 0.25) is 0 Å². The number of carbonyl (C=O) groups excluding carboxylic acids is 2. The van der Waals surface area contributed by atoms with Crippen LogP contribution in [0.1, 0.15) is 50.2 Å². The molecule has 1 atom stereocenters. The van der Waals surface area contributed by atoms with Crippen molar-refractivity contribution in [3.63, 3.8) is 0 Å². The van der Waals surface area contributed by atoms with E-state index in [4.69, 9.17) is 9.47 Å². The second-order valence-corrected chi connectivity index (χ2v) is 8.36. The maximum atomic E-state index is 13.3. The lowest BCUT2D eigenvalue weighted by molar-refractivity contribution is -0.143. The third kappa shape index (κ3) is 6.25. The fourth-order valence-electron chi connectivity index (χ4n) is 4.25. The molecule has 1 N–H and O–H groups in total. The van der Waals surface area contributed by atoms with Crippen molar-refractivity contribution in [1.82, 2.24) is 10.2 Å². The predicted octanol–water partition coefficient (Wildman–Crippen LogP) is 4.25. The molecule has 172 valence electrons. The lowest BCUT2D eigenvalue weighted by Gasteiger charge is -2.31. The van der Waals surface area contributed by atoms with Gasteiger partial charge in [-0.25, -0.2) is 0 Å². The Morgan fingerprint density at radius 2 is 1.81 bits per heavy atom. The zero-order valence-electron chi connectivity index (χ0n) is 19.3. The van der Waals surface area contributed by atoms with E-state index in [0.717, 1.165) is 36.8 Å². The van der Waals surface area contributed by atoms with Gasteiger partial charge in [-0.3, -0.25) is 9.59 Å². The summed E-state index contributed by atoms with van der Waals surface area (Å²) in [6, 6.07) is 14.9. The van der Waals surface area contributed by atoms with Crippen molar-refractivity contribution in [2.24, 2.45) is 0 Å². The second-order valence-electron chi connectivity index (χ2n) is 8.36. The molecule has 0 bridgehead atoms. The number of benzene rings is 2. The maximum absolute atomic E-state index is 13.3. The number of ether oxygens (including phenoxy) is 2. The van der Waals surface area contributed by atoms with Crippen molar-refractivity contribution in [3.05, 3.63) is 59.7 Å². The van der Waals surface area contributed by atoms with E-state index in [9.17, 15) is 9.59 Å². The van der Waals surface area contributed by atoms with Crippen LogP contribution in [-0.4, -0.2) is 42.5 Å². The van der Waals surface area contributed by atoms with E-state index in [1.54, 1.807) is 24.1 Å². The van der Waals surface area contributed by atoms with E-state index in [2.05, 4.69) is 5.32 Å². The molecule has 1 unspecified atom stereocenters. The van der Waals surface area contributed by atoms with Crippen molar-refractivity contribution >= 4 is 11.8 Å². The first-order chi connectivity index (χ1) is 15.5. The Labute approximate surface area is 190 Å². The topological polar surface area (TPSA) is 67.9 Å². The van der Waals surface area contributed by atoms with Gasteiger partial charge in [-0.05, 0) is 43.9 Å². The molecular formula is C26H34N2O4. The number of methoxy groups -OCH3 is 1. The highest BCUT2D eigenvalue weighted by molar-refractivity contribution is 5.88. The molecule has 3 rings (SSSR count). The molecule has 1 fully saturated rings. The molecule has 1 saturated carbocycles. The van der Waals surface area contributed by atoms with Crippen LogP contribution in [0.5, 0.6) is 11.5 Å². The van der Waals surface area contributed by atoms with Gasteiger partial charge in [0.1, 0.15) is 6.04 Å². The average molecular weight is 439 g/mol. The zero-order valence-corrected chi connectivity index (χ0v) is 19.3. The van der Waals surface area contributed by atoms with E-state index < -0.39 is 6.04 Å². The minimum absolute atomic E-state index is 0.0855. The number of nitrogens with one attached hydrogen (secondary N) is 1. The minimum Gasteiger partial charge on any atom is -0.493 e. The normalized spacial score (nSPS) is 14.6. The standard InChI is InChI=1S/C26H34N2O4/c1-4-22(26(30)27-21-12-5-6-13-21)28(17-20-11-9-10-19(2)16-20)25(29)18-32-24-15-8-7-14-23(24)31-3/h7-11,14-16,21-22H,4-6,12-13,17-18H2,1-3H3,(H,27,30). The molecule has 2 amide bonds. The lowest BCUT2D eigenvalue weighted by Crippen LogP contribution is -2.52. The van der Waals surface area contributed by atoms with Gasteiger partial charge in [0, 0.05) is 12.6 Å². The van der Waals surface area contributed by atoms with Crippen LogP contribution >= 0.6 is 0 Å². The molecule has 0 heterocycles. The fraction of sp³-hybridized carbons (Fsp3) is 0.462. The van der Waals surface area contributed by atoms with E-state index in [0.29, 0.717) is 24.5 Å². The van der Waals surface area contributed by atoms with Gasteiger partial charge in [0.2, 0.25) is 5.91 Å². The number of hydrogen-bond donors (Lipinski definition) is 1. The van der Waals surface area contributed by atoms with Gasteiger partial charge in [-0.15, -0.1) is 0 Å². The van der Waals surface area contributed by atoms with Crippen molar-refractivity contribution in [2.45, 2.75) is 64.6 Å². The third-order valence-corrected chi connectivity index (χ3v) is 5.94. The summed E-state index contributed by atoms with van der Waals surface area (Å²) in [6.45, 7) is 4.15. The smallest absolute Gasteiger partial charge is 0.261 e. The van der Waals surface area contributed by atoms with Crippen LogP contribution in [0.4, 0.5) is 0 Å². The summed E-state index contributed by atoms with van der Waals surface area (Å²) in [5.74, 6) is 0.752. The Kier molecular flexibility index (Phi) is 8.54. The van der Waals surface area contributed by atoms with Gasteiger partial charge in [-0.1, -0.05) is 61.7 Å². The van der Waals surface area contributed by atoms with Gasteiger partial charge >= 0.3 is 0 Å². The molecule has 32 heavy (non-hydrogen) atoms. The van der Waals surface area contributed by atoms with Crippen molar-refractivity contribution in [2.75, 3.05) is 13.7 Å². The van der Waals surface area contributed by atoms with Crippen LogP contribution in [0.25, 0.3) is 0 Å². The molecule has 0 saturated heterocycles. The largest absolute Gasteiger partial charge is 0.493 e. The first kappa shape index (κ1) is 23.6.